The smallest absolute Gasteiger partial charge is 0.409 e. The largest absolute Gasteiger partial charge is 0.450 e. The second-order valence-corrected chi connectivity index (χ2v) is 10.0. The van der Waals surface area contributed by atoms with Gasteiger partial charge in [0.25, 0.3) is 0 Å². The van der Waals surface area contributed by atoms with Crippen LogP contribution in [0.1, 0.15) is 50.2 Å². The van der Waals surface area contributed by atoms with Crippen molar-refractivity contribution in [1.29, 1.82) is 0 Å². The summed E-state index contributed by atoms with van der Waals surface area (Å²) < 4.78 is 5.18. The fourth-order valence-electron chi connectivity index (χ4n) is 6.34. The third-order valence-electron chi connectivity index (χ3n) is 8.21. The number of carbonyl (C=O) groups excluding carboxylic acids is 1. The van der Waals surface area contributed by atoms with Crippen molar-refractivity contribution in [3.05, 3.63) is 29.3 Å². The van der Waals surface area contributed by atoms with Gasteiger partial charge in [0.05, 0.1) is 6.61 Å². The molecule has 176 valence electrons. The number of fused-ring (bicyclic) bond motifs is 1. The summed E-state index contributed by atoms with van der Waals surface area (Å²) in [7, 11) is 0. The molecule has 32 heavy (non-hydrogen) atoms. The SMILES string of the molecule is CCOC(=O)N1CCN(C2CCCN(C3CCN(c4ccc5c(c4)CCC5)CC3)C2)CC1. The lowest BCUT2D eigenvalue weighted by molar-refractivity contribution is 0.0290. The van der Waals surface area contributed by atoms with Crippen molar-refractivity contribution in [2.24, 2.45) is 0 Å². The molecular weight excluding hydrogens is 400 g/mol. The minimum absolute atomic E-state index is 0.146. The molecule has 0 bridgehead atoms. The average Bonchev–Trinajstić information content (AvgIpc) is 3.32. The summed E-state index contributed by atoms with van der Waals surface area (Å²) in [5, 5.41) is 0. The van der Waals surface area contributed by atoms with E-state index >= 15 is 0 Å². The molecule has 6 heteroatoms. The van der Waals surface area contributed by atoms with Crippen LogP contribution < -0.4 is 4.90 Å². The van der Waals surface area contributed by atoms with Crippen LogP contribution in [0.25, 0.3) is 0 Å². The summed E-state index contributed by atoms with van der Waals surface area (Å²) in [5.41, 5.74) is 4.61. The molecule has 3 fully saturated rings. The molecule has 0 aromatic heterocycles. The highest BCUT2D eigenvalue weighted by atomic mass is 16.6. The predicted octanol–water partition coefficient (Wildman–Crippen LogP) is 3.38. The Morgan fingerprint density at radius 2 is 1.66 bits per heavy atom. The molecule has 5 rings (SSSR count). The number of benzene rings is 1. The molecule has 0 saturated carbocycles. The number of hydrogen-bond acceptors (Lipinski definition) is 5. The van der Waals surface area contributed by atoms with Crippen LogP contribution >= 0.6 is 0 Å². The molecule has 1 aliphatic carbocycles. The minimum atomic E-state index is -0.146. The summed E-state index contributed by atoms with van der Waals surface area (Å²) >= 11 is 0. The van der Waals surface area contributed by atoms with Crippen molar-refractivity contribution in [3.8, 4) is 0 Å². The van der Waals surface area contributed by atoms with Gasteiger partial charge in [-0.15, -0.1) is 0 Å². The van der Waals surface area contributed by atoms with Gasteiger partial charge in [-0.25, -0.2) is 4.79 Å². The van der Waals surface area contributed by atoms with Crippen LogP contribution in [0.3, 0.4) is 0 Å². The van der Waals surface area contributed by atoms with Gasteiger partial charge >= 0.3 is 6.09 Å². The number of piperazine rings is 1. The first-order valence-corrected chi connectivity index (χ1v) is 13.0. The number of rotatable bonds is 4. The number of nitrogens with zero attached hydrogens (tertiary/aromatic N) is 4. The molecule has 6 nitrogen and oxygen atoms in total. The number of anilines is 1. The number of carbonyl (C=O) groups is 1. The Morgan fingerprint density at radius 1 is 0.875 bits per heavy atom. The van der Waals surface area contributed by atoms with E-state index < -0.39 is 0 Å². The molecule has 1 aromatic carbocycles. The topological polar surface area (TPSA) is 39.3 Å². The molecule has 1 aromatic rings. The van der Waals surface area contributed by atoms with Crippen molar-refractivity contribution in [3.63, 3.8) is 0 Å². The van der Waals surface area contributed by atoms with Crippen molar-refractivity contribution in [2.45, 2.75) is 64.0 Å². The Hall–Kier alpha value is -1.79. The van der Waals surface area contributed by atoms with Crippen LogP contribution in [0.4, 0.5) is 10.5 Å². The van der Waals surface area contributed by atoms with Crippen molar-refractivity contribution >= 4 is 11.8 Å². The Balaban J connectivity index is 1.11. The fourth-order valence-corrected chi connectivity index (χ4v) is 6.34. The highest BCUT2D eigenvalue weighted by molar-refractivity contribution is 5.67. The zero-order valence-corrected chi connectivity index (χ0v) is 19.8. The molecule has 3 aliphatic heterocycles. The maximum atomic E-state index is 12.0. The second kappa shape index (κ2) is 10.0. The summed E-state index contributed by atoms with van der Waals surface area (Å²) in [6.07, 6.45) is 8.87. The van der Waals surface area contributed by atoms with Crippen molar-refractivity contribution in [2.75, 3.05) is 63.9 Å². The summed E-state index contributed by atoms with van der Waals surface area (Å²) in [4.78, 5) is 21.9. The Bertz CT molecular complexity index is 784. The molecular formula is C26H40N4O2. The molecule has 1 atom stereocenters. The van der Waals surface area contributed by atoms with E-state index in [-0.39, 0.29) is 6.09 Å². The lowest BCUT2D eigenvalue weighted by atomic mass is 9.96. The summed E-state index contributed by atoms with van der Waals surface area (Å²) in [6, 6.07) is 8.57. The van der Waals surface area contributed by atoms with E-state index in [1.165, 1.54) is 76.8 Å². The first-order chi connectivity index (χ1) is 15.7. The fraction of sp³-hybridized carbons (Fsp3) is 0.731. The Kier molecular flexibility index (Phi) is 6.88. The molecule has 0 N–H and O–H groups in total. The van der Waals surface area contributed by atoms with Crippen LogP contribution in [0.5, 0.6) is 0 Å². The number of likely N-dealkylation sites (tertiary alicyclic amines) is 1. The van der Waals surface area contributed by atoms with Crippen LogP contribution in [-0.2, 0) is 17.6 Å². The van der Waals surface area contributed by atoms with Crippen LogP contribution in [0.2, 0.25) is 0 Å². The monoisotopic (exact) mass is 440 g/mol. The first-order valence-electron chi connectivity index (χ1n) is 13.0. The van der Waals surface area contributed by atoms with Gasteiger partial charge in [0.15, 0.2) is 0 Å². The standard InChI is InChI=1S/C26H40N4O2/c1-2-32-26(31)29-17-15-28(16-18-29)25-7-4-12-30(20-25)23-10-13-27(14-11-23)24-9-8-21-5-3-6-22(21)19-24/h8-9,19,23,25H,2-7,10-18,20H2,1H3. The van der Waals surface area contributed by atoms with Crippen LogP contribution in [0, 0.1) is 0 Å². The second-order valence-electron chi connectivity index (χ2n) is 10.0. The summed E-state index contributed by atoms with van der Waals surface area (Å²) in [6.45, 7) is 10.7. The van der Waals surface area contributed by atoms with Gasteiger partial charge in [-0.3, -0.25) is 9.80 Å². The van der Waals surface area contributed by atoms with Crippen molar-refractivity contribution < 1.29 is 9.53 Å². The molecule has 4 aliphatic rings. The maximum Gasteiger partial charge on any atom is 0.409 e. The van der Waals surface area contributed by atoms with E-state index in [4.69, 9.17) is 4.74 Å². The van der Waals surface area contributed by atoms with Crippen LogP contribution in [-0.4, -0.2) is 91.8 Å². The van der Waals surface area contributed by atoms with E-state index in [2.05, 4.69) is 32.9 Å². The maximum absolute atomic E-state index is 12.0. The number of piperidine rings is 2. The molecule has 3 saturated heterocycles. The molecule has 0 spiro atoms. The highest BCUT2D eigenvalue weighted by Crippen LogP contribution is 2.30. The zero-order chi connectivity index (χ0) is 21.9. The molecule has 1 amide bonds. The minimum Gasteiger partial charge on any atom is -0.450 e. The first kappa shape index (κ1) is 22.0. The third-order valence-corrected chi connectivity index (χ3v) is 8.21. The van der Waals surface area contributed by atoms with E-state index in [1.807, 2.05) is 11.8 Å². The van der Waals surface area contributed by atoms with Crippen molar-refractivity contribution in [1.82, 2.24) is 14.7 Å². The van der Waals surface area contributed by atoms with E-state index in [0.29, 0.717) is 12.6 Å². The number of hydrogen-bond donors (Lipinski definition) is 0. The number of amides is 1. The molecule has 0 radical (unpaired) electrons. The van der Waals surface area contributed by atoms with E-state index in [0.717, 1.165) is 32.2 Å². The lowest BCUT2D eigenvalue weighted by Crippen LogP contribution is -2.58. The third kappa shape index (κ3) is 4.76. The molecule has 3 heterocycles. The predicted molar refractivity (Wildman–Crippen MR) is 128 cm³/mol. The highest BCUT2D eigenvalue weighted by Gasteiger charge is 2.33. The van der Waals surface area contributed by atoms with Gasteiger partial charge in [-0.2, -0.15) is 0 Å². The van der Waals surface area contributed by atoms with Gasteiger partial charge < -0.3 is 14.5 Å². The van der Waals surface area contributed by atoms with E-state index in [1.54, 1.807) is 11.1 Å². The number of aryl methyl sites for hydroxylation is 2. The van der Waals surface area contributed by atoms with Gasteiger partial charge in [0.2, 0.25) is 0 Å². The zero-order valence-electron chi connectivity index (χ0n) is 19.8. The van der Waals surface area contributed by atoms with Gasteiger partial charge in [0.1, 0.15) is 0 Å². The quantitative estimate of drug-likeness (QED) is 0.718. The van der Waals surface area contributed by atoms with Gasteiger partial charge in [0, 0.05) is 63.6 Å². The van der Waals surface area contributed by atoms with Gasteiger partial charge in [-0.05, 0) is 81.7 Å². The number of ether oxygens (including phenoxy) is 1. The van der Waals surface area contributed by atoms with E-state index in [9.17, 15) is 4.79 Å². The van der Waals surface area contributed by atoms with Crippen LogP contribution in [0.15, 0.2) is 18.2 Å². The normalized spacial score (nSPS) is 25.7. The summed E-state index contributed by atoms with van der Waals surface area (Å²) in [5.74, 6) is 0. The molecule has 1 unspecified atom stereocenters. The average molecular weight is 441 g/mol. The van der Waals surface area contributed by atoms with Gasteiger partial charge in [-0.1, -0.05) is 6.07 Å². The Morgan fingerprint density at radius 3 is 2.44 bits per heavy atom. The Labute approximate surface area is 193 Å². The lowest BCUT2D eigenvalue weighted by Gasteiger charge is -2.46.